The van der Waals surface area contributed by atoms with Gasteiger partial charge in [-0.25, -0.2) is 4.39 Å². The molecule has 4 rings (SSSR count). The van der Waals surface area contributed by atoms with Gasteiger partial charge in [0.2, 0.25) is 0 Å². The van der Waals surface area contributed by atoms with Gasteiger partial charge < -0.3 is 0 Å². The predicted molar refractivity (Wildman–Crippen MR) is 108 cm³/mol. The fourth-order valence-corrected chi connectivity index (χ4v) is 4.34. The molecule has 0 bridgehead atoms. The molecule has 0 unspecified atom stereocenters. The van der Waals surface area contributed by atoms with Crippen LogP contribution in [0.5, 0.6) is 0 Å². The molecule has 0 N–H and O–H groups in total. The summed E-state index contributed by atoms with van der Waals surface area (Å²) < 4.78 is 18.5. The van der Waals surface area contributed by atoms with Crippen LogP contribution in [0.15, 0.2) is 72.8 Å². The lowest BCUT2D eigenvalue weighted by Gasteiger charge is -2.20. The lowest BCUT2D eigenvalue weighted by atomic mass is 10.1. The monoisotopic (exact) mass is 414 g/mol. The zero-order valence-corrected chi connectivity index (χ0v) is 15.8. The van der Waals surface area contributed by atoms with Crippen molar-refractivity contribution in [3.63, 3.8) is 0 Å². The van der Waals surface area contributed by atoms with Crippen molar-refractivity contribution in [2.24, 2.45) is 0 Å². The molecule has 0 aliphatic carbocycles. The predicted octanol–water partition coefficient (Wildman–Crippen LogP) is 6.44. The highest BCUT2D eigenvalue weighted by atomic mass is 79.9. The molecule has 1 heterocycles. The fraction of sp³-hybridized carbons (Fsp3) is 0.100. The van der Waals surface area contributed by atoms with E-state index < -0.39 is 0 Å². The van der Waals surface area contributed by atoms with Crippen LogP contribution in [0.25, 0.3) is 0 Å². The molecule has 0 amide bonds. The molecule has 1 aliphatic heterocycles. The second kappa shape index (κ2) is 7.10. The molecule has 0 atom stereocenters. The van der Waals surface area contributed by atoms with Crippen molar-refractivity contribution in [3.8, 4) is 0 Å². The van der Waals surface area contributed by atoms with Gasteiger partial charge >= 0.3 is 0 Å². The van der Waals surface area contributed by atoms with Crippen LogP contribution >= 0.6 is 28.1 Å². The largest absolute Gasteiger partial charge is 0.292 e. The molecular weight excluding hydrogens is 399 g/mol. The van der Waals surface area contributed by atoms with E-state index in [0.717, 1.165) is 23.2 Å². The smallest absolute Gasteiger partial charge is 0.147 e. The molecule has 0 saturated heterocycles. The van der Waals surface area contributed by atoms with Crippen LogP contribution in [0.4, 0.5) is 21.5 Å². The van der Waals surface area contributed by atoms with E-state index in [0.29, 0.717) is 5.69 Å². The maximum absolute atomic E-state index is 14.3. The number of nitrogens with zero attached hydrogens (tertiary/aromatic N) is 2. The van der Waals surface area contributed by atoms with Crippen LogP contribution in [0.3, 0.4) is 0 Å². The van der Waals surface area contributed by atoms with Gasteiger partial charge in [-0.1, -0.05) is 64.5 Å². The van der Waals surface area contributed by atoms with E-state index in [9.17, 15) is 4.39 Å². The first-order valence-electron chi connectivity index (χ1n) is 7.99. The molecule has 126 valence electrons. The second-order valence-corrected chi connectivity index (χ2v) is 7.33. The Labute approximate surface area is 159 Å². The van der Waals surface area contributed by atoms with Crippen molar-refractivity contribution in [1.82, 2.24) is 0 Å². The van der Waals surface area contributed by atoms with Gasteiger partial charge in [-0.15, -0.1) is 0 Å². The zero-order chi connectivity index (χ0) is 17.2. The average Bonchev–Trinajstić information content (AvgIpc) is 3.01. The number of para-hydroxylation sites is 3. The molecule has 0 radical (unpaired) electrons. The van der Waals surface area contributed by atoms with Crippen LogP contribution < -0.4 is 8.61 Å². The highest BCUT2D eigenvalue weighted by Crippen LogP contribution is 2.49. The quantitative estimate of drug-likeness (QED) is 0.358. The van der Waals surface area contributed by atoms with E-state index in [1.54, 1.807) is 6.07 Å². The third-order valence-corrected chi connectivity index (χ3v) is 5.85. The van der Waals surface area contributed by atoms with Crippen LogP contribution in [0, 0.1) is 5.82 Å². The van der Waals surface area contributed by atoms with E-state index >= 15 is 0 Å². The first-order valence-corrected chi connectivity index (χ1v) is 9.84. The molecule has 1 aliphatic rings. The Balaban J connectivity index is 1.65. The van der Waals surface area contributed by atoms with E-state index in [-0.39, 0.29) is 5.82 Å². The maximum Gasteiger partial charge on any atom is 0.147 e. The summed E-state index contributed by atoms with van der Waals surface area (Å²) in [5.41, 5.74) is 5.17. The average molecular weight is 415 g/mol. The lowest BCUT2D eigenvalue weighted by molar-refractivity contribution is 0.630. The molecule has 25 heavy (non-hydrogen) atoms. The Kier molecular flexibility index (Phi) is 4.68. The summed E-state index contributed by atoms with van der Waals surface area (Å²) in [5, 5.41) is 0.857. The Bertz CT molecular complexity index is 885. The summed E-state index contributed by atoms with van der Waals surface area (Å²) in [4.78, 5) is 0. The van der Waals surface area contributed by atoms with E-state index in [1.807, 2.05) is 34.6 Å². The van der Waals surface area contributed by atoms with Gasteiger partial charge in [0.25, 0.3) is 0 Å². The highest BCUT2D eigenvalue weighted by molar-refractivity contribution is 9.08. The number of anilines is 3. The molecule has 0 fully saturated rings. The Morgan fingerprint density at radius 2 is 1.36 bits per heavy atom. The topological polar surface area (TPSA) is 6.48 Å². The molecular formula is C20H16BrFN2S. The number of hydrogen-bond acceptors (Lipinski definition) is 3. The van der Waals surface area contributed by atoms with Gasteiger partial charge in [0.05, 0.1) is 35.7 Å². The van der Waals surface area contributed by atoms with Crippen LogP contribution in [-0.4, -0.2) is 0 Å². The first kappa shape index (κ1) is 16.5. The Morgan fingerprint density at radius 1 is 0.760 bits per heavy atom. The van der Waals surface area contributed by atoms with Gasteiger partial charge in [0.1, 0.15) is 5.82 Å². The number of fused-ring (bicyclic) bond motifs is 1. The van der Waals surface area contributed by atoms with E-state index in [1.165, 1.54) is 29.3 Å². The van der Waals surface area contributed by atoms with Crippen LogP contribution in [-0.2, 0) is 11.9 Å². The van der Waals surface area contributed by atoms with Gasteiger partial charge in [0.15, 0.2) is 0 Å². The van der Waals surface area contributed by atoms with Gasteiger partial charge in [0, 0.05) is 5.33 Å². The minimum Gasteiger partial charge on any atom is -0.292 e. The minimum absolute atomic E-state index is 0.215. The van der Waals surface area contributed by atoms with Crippen molar-refractivity contribution in [1.29, 1.82) is 0 Å². The standard InChI is InChI=1S/C20H16BrFN2S/c21-13-15-9-11-16(12-10-15)14-23-19-7-3-4-8-20(19)24(25-23)18-6-2-1-5-17(18)22/h1-12H,13-14H2. The highest BCUT2D eigenvalue weighted by Gasteiger charge is 2.29. The van der Waals surface area contributed by atoms with Crippen molar-refractivity contribution >= 4 is 45.1 Å². The number of alkyl halides is 1. The zero-order valence-electron chi connectivity index (χ0n) is 13.4. The second-order valence-electron chi connectivity index (χ2n) is 5.80. The van der Waals surface area contributed by atoms with Crippen molar-refractivity contribution in [2.75, 3.05) is 8.61 Å². The molecule has 3 aromatic carbocycles. The fourth-order valence-electron chi connectivity index (χ4n) is 2.84. The maximum atomic E-state index is 14.3. The minimum atomic E-state index is -0.215. The van der Waals surface area contributed by atoms with Gasteiger partial charge in [-0.2, -0.15) is 0 Å². The van der Waals surface area contributed by atoms with Gasteiger partial charge in [-0.3, -0.25) is 8.61 Å². The van der Waals surface area contributed by atoms with Gasteiger partial charge in [-0.05, 0) is 35.4 Å². The molecule has 5 heteroatoms. The number of rotatable bonds is 4. The molecule has 0 aromatic heterocycles. The third kappa shape index (κ3) is 3.26. The summed E-state index contributed by atoms with van der Waals surface area (Å²) in [5.74, 6) is -0.215. The summed E-state index contributed by atoms with van der Waals surface area (Å²) in [7, 11) is 0. The summed E-state index contributed by atoms with van der Waals surface area (Å²) in [6, 6.07) is 23.6. The van der Waals surface area contributed by atoms with Crippen molar-refractivity contribution in [2.45, 2.75) is 11.9 Å². The third-order valence-electron chi connectivity index (χ3n) is 4.12. The van der Waals surface area contributed by atoms with Crippen molar-refractivity contribution in [3.05, 3.63) is 89.7 Å². The van der Waals surface area contributed by atoms with E-state index in [4.69, 9.17) is 0 Å². The lowest BCUT2D eigenvalue weighted by Crippen LogP contribution is -2.13. The number of benzene rings is 3. The Morgan fingerprint density at radius 3 is 2.04 bits per heavy atom. The van der Waals surface area contributed by atoms with Crippen LogP contribution in [0.2, 0.25) is 0 Å². The summed E-state index contributed by atoms with van der Waals surface area (Å²) in [6.45, 7) is 0.759. The van der Waals surface area contributed by atoms with E-state index in [2.05, 4.69) is 50.6 Å². The molecule has 0 spiro atoms. The summed E-state index contributed by atoms with van der Waals surface area (Å²) in [6.07, 6.45) is 0. The molecule has 0 saturated carbocycles. The van der Waals surface area contributed by atoms with Crippen molar-refractivity contribution < 1.29 is 4.39 Å². The first-order chi connectivity index (χ1) is 12.3. The number of hydrogen-bond donors (Lipinski definition) is 0. The Hall–Kier alpha value is -1.98. The van der Waals surface area contributed by atoms with Crippen LogP contribution in [0.1, 0.15) is 11.1 Å². The normalized spacial score (nSPS) is 13.2. The summed E-state index contributed by atoms with van der Waals surface area (Å²) >= 11 is 5.00. The SMILES string of the molecule is Fc1ccccc1N1SN(Cc2ccc(CBr)cc2)c2ccccc21. The number of halogens is 2. The molecule has 2 nitrogen and oxygen atoms in total. The molecule has 3 aromatic rings.